The van der Waals surface area contributed by atoms with Gasteiger partial charge in [-0.1, -0.05) is 30.3 Å². The summed E-state index contributed by atoms with van der Waals surface area (Å²) in [5.41, 5.74) is 6.81. The Morgan fingerprint density at radius 1 is 1.50 bits per heavy atom. The maximum Gasteiger partial charge on any atom is 0.241 e. The van der Waals surface area contributed by atoms with Crippen LogP contribution in [0.15, 0.2) is 30.3 Å². The number of thioether (sulfide) groups is 1. The number of nitrogens with one attached hydrogen (secondary N) is 1. The molecule has 1 aromatic carbocycles. The molecule has 18 heavy (non-hydrogen) atoms. The summed E-state index contributed by atoms with van der Waals surface area (Å²) in [6.07, 6.45) is 2.40. The van der Waals surface area contributed by atoms with E-state index < -0.39 is 6.04 Å². The summed E-state index contributed by atoms with van der Waals surface area (Å²) in [5, 5.41) is 2.98. The van der Waals surface area contributed by atoms with Gasteiger partial charge in [0, 0.05) is 11.3 Å². The molecule has 1 heterocycles. The van der Waals surface area contributed by atoms with E-state index in [-0.39, 0.29) is 10.7 Å². The van der Waals surface area contributed by atoms with Crippen molar-refractivity contribution in [1.29, 1.82) is 0 Å². The Morgan fingerprint density at radius 3 is 2.83 bits per heavy atom. The Labute approximate surface area is 113 Å². The second kappa shape index (κ2) is 5.76. The first-order chi connectivity index (χ1) is 8.61. The lowest BCUT2D eigenvalue weighted by molar-refractivity contribution is -0.122. The summed E-state index contributed by atoms with van der Waals surface area (Å²) in [6.45, 7) is 2.91. The van der Waals surface area contributed by atoms with Gasteiger partial charge in [0.25, 0.3) is 0 Å². The molecule has 2 atom stereocenters. The van der Waals surface area contributed by atoms with E-state index in [1.807, 2.05) is 42.1 Å². The molecule has 1 aliphatic rings. The fourth-order valence-corrected chi connectivity index (χ4v) is 3.42. The Balaban J connectivity index is 1.88. The Kier molecular flexibility index (Phi) is 4.30. The number of carbonyl (C=O) groups is 1. The summed E-state index contributed by atoms with van der Waals surface area (Å²) in [4.78, 5) is 12.0. The molecule has 3 N–H and O–H groups in total. The Bertz CT molecular complexity index is 402. The smallest absolute Gasteiger partial charge is 0.241 e. The van der Waals surface area contributed by atoms with Crippen LogP contribution in [0.1, 0.15) is 31.4 Å². The standard InChI is InChI=1S/C14H20N2OS/c1-14(8-5-9-18-14)10-16-13(17)12(15)11-6-3-2-4-7-11/h2-4,6-7,12H,5,8-10,15H2,1H3,(H,16,17)/t12-,14?/m0/s1. The van der Waals surface area contributed by atoms with Crippen LogP contribution in [0.2, 0.25) is 0 Å². The maximum absolute atomic E-state index is 12.0. The molecule has 0 aliphatic carbocycles. The van der Waals surface area contributed by atoms with Crippen LogP contribution in [0, 0.1) is 0 Å². The van der Waals surface area contributed by atoms with Gasteiger partial charge in [0.1, 0.15) is 6.04 Å². The van der Waals surface area contributed by atoms with Crippen molar-refractivity contribution in [2.75, 3.05) is 12.3 Å². The highest BCUT2D eigenvalue weighted by Gasteiger charge is 2.30. The Hall–Kier alpha value is -1.00. The summed E-state index contributed by atoms with van der Waals surface area (Å²) >= 11 is 1.94. The number of hydrogen-bond acceptors (Lipinski definition) is 3. The lowest BCUT2D eigenvalue weighted by Crippen LogP contribution is -2.41. The molecule has 2 rings (SSSR count). The van der Waals surface area contributed by atoms with Crippen LogP contribution in [0.5, 0.6) is 0 Å². The van der Waals surface area contributed by atoms with Gasteiger partial charge in [-0.15, -0.1) is 0 Å². The maximum atomic E-state index is 12.0. The van der Waals surface area contributed by atoms with Gasteiger partial charge in [-0.25, -0.2) is 0 Å². The predicted octanol–water partition coefficient (Wildman–Crippen LogP) is 2.09. The van der Waals surface area contributed by atoms with Crippen molar-refractivity contribution in [2.24, 2.45) is 5.73 Å². The van der Waals surface area contributed by atoms with Gasteiger partial charge >= 0.3 is 0 Å². The van der Waals surface area contributed by atoms with Crippen LogP contribution in [0.25, 0.3) is 0 Å². The highest BCUT2D eigenvalue weighted by molar-refractivity contribution is 8.00. The van der Waals surface area contributed by atoms with Gasteiger partial charge in [-0.2, -0.15) is 11.8 Å². The summed E-state index contributed by atoms with van der Waals surface area (Å²) in [7, 11) is 0. The average Bonchev–Trinajstić information content (AvgIpc) is 2.83. The molecular weight excluding hydrogens is 244 g/mol. The summed E-state index contributed by atoms with van der Waals surface area (Å²) < 4.78 is 0.187. The van der Waals surface area contributed by atoms with Crippen LogP contribution in [0.4, 0.5) is 0 Å². The monoisotopic (exact) mass is 264 g/mol. The zero-order valence-corrected chi connectivity index (χ0v) is 11.5. The lowest BCUT2D eigenvalue weighted by Gasteiger charge is -2.24. The molecule has 1 fully saturated rings. The fourth-order valence-electron chi connectivity index (χ4n) is 2.17. The van der Waals surface area contributed by atoms with E-state index in [0.717, 1.165) is 5.56 Å². The van der Waals surface area contributed by atoms with Crippen LogP contribution in [-0.4, -0.2) is 23.0 Å². The molecule has 0 spiro atoms. The van der Waals surface area contributed by atoms with Crippen LogP contribution >= 0.6 is 11.8 Å². The second-order valence-electron chi connectivity index (χ2n) is 5.01. The largest absolute Gasteiger partial charge is 0.353 e. The third-order valence-electron chi connectivity index (χ3n) is 3.38. The highest BCUT2D eigenvalue weighted by Crippen LogP contribution is 2.36. The molecular formula is C14H20N2OS. The van der Waals surface area contributed by atoms with Gasteiger partial charge in [0.2, 0.25) is 5.91 Å². The topological polar surface area (TPSA) is 55.1 Å². The first-order valence-electron chi connectivity index (χ1n) is 6.33. The minimum atomic E-state index is -0.568. The van der Waals surface area contributed by atoms with Crippen molar-refractivity contribution in [1.82, 2.24) is 5.32 Å². The first kappa shape index (κ1) is 13.4. The van der Waals surface area contributed by atoms with Crippen LogP contribution < -0.4 is 11.1 Å². The highest BCUT2D eigenvalue weighted by atomic mass is 32.2. The molecule has 0 aromatic heterocycles. The molecule has 3 nitrogen and oxygen atoms in total. The number of carbonyl (C=O) groups excluding carboxylic acids is 1. The third-order valence-corrected chi connectivity index (χ3v) is 4.92. The third kappa shape index (κ3) is 3.27. The molecule has 4 heteroatoms. The molecule has 98 valence electrons. The van der Waals surface area contributed by atoms with E-state index in [1.54, 1.807) is 0 Å². The molecule has 0 bridgehead atoms. The van der Waals surface area contributed by atoms with Crippen LogP contribution in [-0.2, 0) is 4.79 Å². The van der Waals surface area contributed by atoms with Gasteiger partial charge < -0.3 is 11.1 Å². The summed E-state index contributed by atoms with van der Waals surface area (Å²) in [5.74, 6) is 1.10. The van der Waals surface area contributed by atoms with Gasteiger partial charge in [0.05, 0.1) is 0 Å². The Morgan fingerprint density at radius 2 is 2.22 bits per heavy atom. The number of benzene rings is 1. The molecule has 1 saturated heterocycles. The van der Waals surface area contributed by atoms with E-state index >= 15 is 0 Å². The normalized spacial score (nSPS) is 24.8. The van der Waals surface area contributed by atoms with Gasteiger partial charge in [-0.3, -0.25) is 4.79 Å². The van der Waals surface area contributed by atoms with Crippen molar-refractivity contribution in [3.05, 3.63) is 35.9 Å². The van der Waals surface area contributed by atoms with Crippen molar-refractivity contribution in [3.8, 4) is 0 Å². The molecule has 0 radical (unpaired) electrons. The van der Waals surface area contributed by atoms with Crippen molar-refractivity contribution in [2.45, 2.75) is 30.6 Å². The van der Waals surface area contributed by atoms with Gasteiger partial charge in [0.15, 0.2) is 0 Å². The lowest BCUT2D eigenvalue weighted by atomic mass is 10.0. The van der Waals surface area contributed by atoms with E-state index in [0.29, 0.717) is 6.54 Å². The average molecular weight is 264 g/mol. The molecule has 1 unspecified atom stereocenters. The van der Waals surface area contributed by atoms with Crippen LogP contribution in [0.3, 0.4) is 0 Å². The predicted molar refractivity (Wildman–Crippen MR) is 76.5 cm³/mol. The number of hydrogen-bond donors (Lipinski definition) is 2. The minimum Gasteiger partial charge on any atom is -0.353 e. The summed E-state index contributed by atoms with van der Waals surface area (Å²) in [6, 6.07) is 8.92. The fraction of sp³-hybridized carbons (Fsp3) is 0.500. The van der Waals surface area contributed by atoms with E-state index in [9.17, 15) is 4.79 Å². The van der Waals surface area contributed by atoms with E-state index in [4.69, 9.17) is 5.73 Å². The van der Waals surface area contributed by atoms with Crippen molar-refractivity contribution in [3.63, 3.8) is 0 Å². The first-order valence-corrected chi connectivity index (χ1v) is 7.31. The second-order valence-corrected chi connectivity index (χ2v) is 6.69. The zero-order valence-electron chi connectivity index (χ0n) is 10.7. The number of nitrogens with two attached hydrogens (primary N) is 1. The minimum absolute atomic E-state index is 0.0880. The van der Waals surface area contributed by atoms with Gasteiger partial charge in [-0.05, 0) is 31.1 Å². The molecule has 1 aliphatic heterocycles. The molecule has 0 saturated carbocycles. The quantitative estimate of drug-likeness (QED) is 0.875. The zero-order chi connectivity index (χ0) is 13.0. The van der Waals surface area contributed by atoms with Crippen molar-refractivity contribution >= 4 is 17.7 Å². The molecule has 1 aromatic rings. The van der Waals surface area contributed by atoms with E-state index in [2.05, 4.69) is 12.2 Å². The number of rotatable bonds is 4. The molecule has 1 amide bonds. The van der Waals surface area contributed by atoms with E-state index in [1.165, 1.54) is 18.6 Å². The number of amides is 1. The SMILES string of the molecule is CC1(CNC(=O)[C@@H](N)c2ccccc2)CCCS1. The van der Waals surface area contributed by atoms with Crippen molar-refractivity contribution < 1.29 is 4.79 Å².